The first-order valence-electron chi connectivity index (χ1n) is 6.38. The maximum atomic E-state index is 12.3. The van der Waals surface area contributed by atoms with E-state index in [0.29, 0.717) is 23.2 Å². The van der Waals surface area contributed by atoms with Gasteiger partial charge in [0.25, 0.3) is 0 Å². The van der Waals surface area contributed by atoms with Gasteiger partial charge in [0.2, 0.25) is 0 Å². The molecule has 0 saturated heterocycles. The number of allylic oxidation sites excluding steroid dienone is 2. The van der Waals surface area contributed by atoms with E-state index in [4.69, 9.17) is 13.9 Å². The standard InChI is InChI=1S/C15H16O6/c1-9-7-15(13(17)19-2,14(18)20-3)12(10(9)8-16)11-5-4-6-21-11/h4-6,8,12H,7H2,1-3H3/t12-/m1/s1. The summed E-state index contributed by atoms with van der Waals surface area (Å²) in [5.74, 6) is -1.98. The molecule has 1 aliphatic carbocycles. The minimum atomic E-state index is -1.62. The van der Waals surface area contributed by atoms with Crippen molar-refractivity contribution in [1.82, 2.24) is 0 Å². The molecule has 0 unspecified atom stereocenters. The molecule has 0 fully saturated rings. The normalized spacial score (nSPS) is 20.2. The minimum Gasteiger partial charge on any atom is -0.469 e. The third-order valence-corrected chi connectivity index (χ3v) is 3.89. The second kappa shape index (κ2) is 5.55. The predicted molar refractivity (Wildman–Crippen MR) is 71.3 cm³/mol. The van der Waals surface area contributed by atoms with Crippen LogP contribution in [0.3, 0.4) is 0 Å². The van der Waals surface area contributed by atoms with Gasteiger partial charge in [0, 0.05) is 5.57 Å². The summed E-state index contributed by atoms with van der Waals surface area (Å²) in [5, 5.41) is 0. The van der Waals surface area contributed by atoms with Gasteiger partial charge in [-0.3, -0.25) is 14.4 Å². The Morgan fingerprint density at radius 2 is 1.95 bits per heavy atom. The molecular formula is C15H16O6. The Bertz CT molecular complexity index is 580. The van der Waals surface area contributed by atoms with E-state index in [1.807, 2.05) is 0 Å². The fourth-order valence-corrected chi connectivity index (χ4v) is 2.98. The van der Waals surface area contributed by atoms with Crippen LogP contribution in [0, 0.1) is 5.41 Å². The first-order chi connectivity index (χ1) is 10.0. The molecular weight excluding hydrogens is 276 g/mol. The van der Waals surface area contributed by atoms with Gasteiger partial charge >= 0.3 is 11.9 Å². The van der Waals surface area contributed by atoms with Gasteiger partial charge in [0.15, 0.2) is 5.41 Å². The lowest BCUT2D eigenvalue weighted by atomic mass is 9.73. The number of methoxy groups -OCH3 is 2. The van der Waals surface area contributed by atoms with Gasteiger partial charge in [-0.25, -0.2) is 0 Å². The van der Waals surface area contributed by atoms with Crippen molar-refractivity contribution in [2.24, 2.45) is 5.41 Å². The molecule has 1 heterocycles. The number of furan rings is 1. The van der Waals surface area contributed by atoms with E-state index in [9.17, 15) is 14.4 Å². The highest BCUT2D eigenvalue weighted by Crippen LogP contribution is 2.53. The number of rotatable bonds is 4. The van der Waals surface area contributed by atoms with Gasteiger partial charge in [0.05, 0.1) is 26.4 Å². The molecule has 0 aliphatic heterocycles. The van der Waals surface area contributed by atoms with E-state index in [2.05, 4.69) is 0 Å². The summed E-state index contributed by atoms with van der Waals surface area (Å²) in [6, 6.07) is 3.25. The number of ether oxygens (including phenoxy) is 2. The third-order valence-electron chi connectivity index (χ3n) is 3.89. The quantitative estimate of drug-likeness (QED) is 0.476. The number of carbonyl (C=O) groups is 3. The van der Waals surface area contributed by atoms with Crippen molar-refractivity contribution in [3.05, 3.63) is 35.3 Å². The Kier molecular flexibility index (Phi) is 3.97. The van der Waals surface area contributed by atoms with Crippen LogP contribution >= 0.6 is 0 Å². The van der Waals surface area contributed by atoms with E-state index in [1.165, 1.54) is 20.5 Å². The monoisotopic (exact) mass is 292 g/mol. The van der Waals surface area contributed by atoms with Crippen molar-refractivity contribution in [3.63, 3.8) is 0 Å². The van der Waals surface area contributed by atoms with Crippen LogP contribution in [0.25, 0.3) is 0 Å². The van der Waals surface area contributed by atoms with E-state index in [0.717, 1.165) is 0 Å². The lowest BCUT2D eigenvalue weighted by molar-refractivity contribution is -0.170. The molecule has 0 N–H and O–H groups in total. The molecule has 0 aromatic carbocycles. The van der Waals surface area contributed by atoms with Crippen molar-refractivity contribution in [3.8, 4) is 0 Å². The van der Waals surface area contributed by atoms with Gasteiger partial charge in [-0.05, 0) is 25.5 Å². The van der Waals surface area contributed by atoms with Crippen LogP contribution in [-0.4, -0.2) is 32.4 Å². The van der Waals surface area contributed by atoms with Crippen LogP contribution in [0.4, 0.5) is 0 Å². The van der Waals surface area contributed by atoms with Crippen molar-refractivity contribution in [1.29, 1.82) is 0 Å². The number of aldehydes is 1. The molecule has 0 saturated carbocycles. The fraction of sp³-hybridized carbons (Fsp3) is 0.400. The number of carbonyl (C=O) groups excluding carboxylic acids is 3. The zero-order valence-corrected chi connectivity index (χ0v) is 12.0. The molecule has 0 bridgehead atoms. The average molecular weight is 292 g/mol. The van der Waals surface area contributed by atoms with Crippen LogP contribution in [0.2, 0.25) is 0 Å². The smallest absolute Gasteiger partial charge is 0.324 e. The minimum absolute atomic E-state index is 0.0613. The second-order valence-electron chi connectivity index (χ2n) is 4.93. The highest BCUT2D eigenvalue weighted by Gasteiger charge is 2.61. The van der Waals surface area contributed by atoms with Crippen LogP contribution in [0.5, 0.6) is 0 Å². The molecule has 0 radical (unpaired) electrons. The molecule has 1 aromatic rings. The Labute approximate surface area is 121 Å². The number of hydrogen-bond donors (Lipinski definition) is 0. The molecule has 1 aliphatic rings. The Balaban J connectivity index is 2.67. The van der Waals surface area contributed by atoms with Crippen LogP contribution in [0.1, 0.15) is 25.0 Å². The summed E-state index contributed by atoms with van der Waals surface area (Å²) in [5.41, 5.74) is -0.634. The third kappa shape index (κ3) is 2.07. The zero-order chi connectivity index (χ0) is 15.6. The van der Waals surface area contributed by atoms with Crippen molar-refractivity contribution in [2.75, 3.05) is 14.2 Å². The van der Waals surface area contributed by atoms with E-state index in [-0.39, 0.29) is 6.42 Å². The lowest BCUT2D eigenvalue weighted by Gasteiger charge is -2.29. The van der Waals surface area contributed by atoms with Crippen molar-refractivity contribution in [2.45, 2.75) is 19.3 Å². The fourth-order valence-electron chi connectivity index (χ4n) is 2.98. The summed E-state index contributed by atoms with van der Waals surface area (Å²) < 4.78 is 14.9. The van der Waals surface area contributed by atoms with Gasteiger partial charge in [-0.15, -0.1) is 0 Å². The van der Waals surface area contributed by atoms with Crippen LogP contribution in [-0.2, 0) is 23.9 Å². The molecule has 112 valence electrons. The first-order valence-corrected chi connectivity index (χ1v) is 6.38. The maximum absolute atomic E-state index is 12.3. The topological polar surface area (TPSA) is 82.8 Å². The number of hydrogen-bond acceptors (Lipinski definition) is 6. The van der Waals surface area contributed by atoms with Crippen molar-refractivity contribution >= 4 is 18.2 Å². The number of esters is 2. The summed E-state index contributed by atoms with van der Waals surface area (Å²) in [6.07, 6.45) is 2.13. The van der Waals surface area contributed by atoms with Gasteiger partial charge in [0.1, 0.15) is 12.0 Å². The Morgan fingerprint density at radius 1 is 1.33 bits per heavy atom. The van der Waals surface area contributed by atoms with Gasteiger partial charge in [-0.1, -0.05) is 5.57 Å². The molecule has 2 rings (SSSR count). The lowest BCUT2D eigenvalue weighted by Crippen LogP contribution is -2.44. The average Bonchev–Trinajstić information content (AvgIpc) is 3.10. The summed E-state index contributed by atoms with van der Waals surface area (Å²) in [4.78, 5) is 36.1. The van der Waals surface area contributed by atoms with E-state index < -0.39 is 23.3 Å². The van der Waals surface area contributed by atoms with E-state index >= 15 is 0 Å². The van der Waals surface area contributed by atoms with Crippen molar-refractivity contribution < 1.29 is 28.3 Å². The van der Waals surface area contributed by atoms with Gasteiger partial charge in [-0.2, -0.15) is 0 Å². The maximum Gasteiger partial charge on any atom is 0.324 e. The molecule has 6 nitrogen and oxygen atoms in total. The molecule has 6 heteroatoms. The highest BCUT2D eigenvalue weighted by atomic mass is 16.5. The summed E-state index contributed by atoms with van der Waals surface area (Å²) in [7, 11) is 2.39. The Morgan fingerprint density at radius 3 is 2.38 bits per heavy atom. The predicted octanol–water partition coefficient (Wildman–Crippen LogP) is 1.61. The molecule has 0 spiro atoms. The Hall–Kier alpha value is -2.37. The molecule has 21 heavy (non-hydrogen) atoms. The zero-order valence-electron chi connectivity index (χ0n) is 12.0. The first kappa shape index (κ1) is 15.0. The summed E-state index contributed by atoms with van der Waals surface area (Å²) in [6.45, 7) is 1.70. The second-order valence-corrected chi connectivity index (χ2v) is 4.93. The summed E-state index contributed by atoms with van der Waals surface area (Å²) >= 11 is 0. The van der Waals surface area contributed by atoms with Crippen LogP contribution < -0.4 is 0 Å². The molecule has 1 atom stereocenters. The van der Waals surface area contributed by atoms with Crippen LogP contribution in [0.15, 0.2) is 34.0 Å². The van der Waals surface area contributed by atoms with E-state index in [1.54, 1.807) is 19.1 Å². The highest BCUT2D eigenvalue weighted by molar-refractivity contribution is 6.04. The largest absolute Gasteiger partial charge is 0.469 e. The van der Waals surface area contributed by atoms with Gasteiger partial charge < -0.3 is 13.9 Å². The SMILES string of the molecule is COC(=O)C1(C(=O)OC)CC(C)=C(C=O)[C@@H]1c1ccco1. The molecule has 0 amide bonds. The molecule has 1 aromatic heterocycles.